The summed E-state index contributed by atoms with van der Waals surface area (Å²) in [4.78, 5) is 21.6. The molecule has 0 spiro atoms. The molecular weight excluding hydrogens is 401 g/mol. The van der Waals surface area contributed by atoms with Gasteiger partial charge in [0.25, 0.3) is 5.91 Å². The number of benzene rings is 2. The molecule has 1 fully saturated rings. The highest BCUT2D eigenvalue weighted by Gasteiger charge is 2.28. The Hall–Kier alpha value is -1.95. The lowest BCUT2D eigenvalue weighted by molar-refractivity contribution is -0.113. The third-order valence-corrected chi connectivity index (χ3v) is 6.18. The van der Waals surface area contributed by atoms with Gasteiger partial charge in [0.15, 0.2) is 5.17 Å². The van der Waals surface area contributed by atoms with E-state index in [9.17, 15) is 4.79 Å². The van der Waals surface area contributed by atoms with Gasteiger partial charge in [-0.05, 0) is 53.7 Å². The summed E-state index contributed by atoms with van der Waals surface area (Å²) in [6.07, 6.45) is 1.82. The van der Waals surface area contributed by atoms with Crippen molar-refractivity contribution in [2.24, 2.45) is 4.99 Å². The zero-order valence-corrected chi connectivity index (χ0v) is 16.8. The minimum absolute atomic E-state index is 0.199. The van der Waals surface area contributed by atoms with E-state index in [1.807, 2.05) is 54.6 Å². The number of nitrogens with zero attached hydrogens (tertiary/aromatic N) is 3. The molecule has 0 aliphatic carbocycles. The molecule has 2 aliphatic rings. The Balaban J connectivity index is 1.41. The van der Waals surface area contributed by atoms with Crippen molar-refractivity contribution in [1.29, 1.82) is 0 Å². The molecule has 7 heteroatoms. The Morgan fingerprint density at radius 2 is 1.59 bits per heavy atom. The maximum absolute atomic E-state index is 12.3. The van der Waals surface area contributed by atoms with E-state index in [-0.39, 0.29) is 5.91 Å². The van der Waals surface area contributed by atoms with Gasteiger partial charge in [-0.1, -0.05) is 41.4 Å². The number of hydrogen-bond donors (Lipinski definition) is 0. The van der Waals surface area contributed by atoms with E-state index in [4.69, 9.17) is 23.2 Å². The fourth-order valence-electron chi connectivity index (χ4n) is 3.07. The maximum atomic E-state index is 12.3. The van der Waals surface area contributed by atoms with Gasteiger partial charge in [0, 0.05) is 41.9 Å². The molecule has 4 nitrogen and oxygen atoms in total. The van der Waals surface area contributed by atoms with E-state index in [2.05, 4.69) is 14.8 Å². The molecular formula is C20H17Cl2N3OS. The highest BCUT2D eigenvalue weighted by Crippen LogP contribution is 2.32. The first kappa shape index (κ1) is 18.4. The molecule has 0 atom stereocenters. The van der Waals surface area contributed by atoms with Crippen molar-refractivity contribution in [2.75, 3.05) is 31.1 Å². The minimum atomic E-state index is -0.199. The smallest absolute Gasteiger partial charge is 0.286 e. The Bertz CT molecular complexity index is 919. The van der Waals surface area contributed by atoms with E-state index >= 15 is 0 Å². The topological polar surface area (TPSA) is 35.9 Å². The van der Waals surface area contributed by atoms with Gasteiger partial charge in [0.2, 0.25) is 0 Å². The standard InChI is InChI=1S/C20H17Cl2N3OS/c21-15-5-7-16(8-6-15)24-9-11-25(12-10-24)20-23-19(26)18(27-20)13-14-3-1-2-4-17(14)22/h1-8,13H,9-12H2. The highest BCUT2D eigenvalue weighted by molar-refractivity contribution is 8.18. The van der Waals surface area contributed by atoms with Crippen molar-refractivity contribution < 1.29 is 4.79 Å². The normalized spacial score (nSPS) is 19.0. The maximum Gasteiger partial charge on any atom is 0.286 e. The predicted molar refractivity (Wildman–Crippen MR) is 115 cm³/mol. The molecule has 2 aromatic rings. The van der Waals surface area contributed by atoms with Gasteiger partial charge < -0.3 is 9.80 Å². The van der Waals surface area contributed by atoms with Crippen molar-refractivity contribution >= 4 is 57.8 Å². The molecule has 0 bridgehead atoms. The van der Waals surface area contributed by atoms with Crippen LogP contribution in [0.1, 0.15) is 5.56 Å². The second kappa shape index (κ2) is 7.97. The zero-order valence-electron chi connectivity index (χ0n) is 14.4. The molecule has 27 heavy (non-hydrogen) atoms. The lowest BCUT2D eigenvalue weighted by atomic mass is 10.2. The van der Waals surface area contributed by atoms with Crippen LogP contribution >= 0.6 is 35.0 Å². The number of thioether (sulfide) groups is 1. The van der Waals surface area contributed by atoms with Crippen molar-refractivity contribution in [2.45, 2.75) is 0 Å². The van der Waals surface area contributed by atoms with Crippen LogP contribution in [-0.2, 0) is 4.79 Å². The Morgan fingerprint density at radius 3 is 2.30 bits per heavy atom. The van der Waals surface area contributed by atoms with E-state index in [0.29, 0.717) is 9.93 Å². The SMILES string of the molecule is O=C1N=C(N2CCN(c3ccc(Cl)cc3)CC2)SC1=Cc1ccccc1Cl. The molecule has 1 saturated heterocycles. The Morgan fingerprint density at radius 1 is 0.926 bits per heavy atom. The van der Waals surface area contributed by atoms with Crippen LogP contribution in [-0.4, -0.2) is 42.2 Å². The molecule has 138 valence electrons. The average Bonchev–Trinajstić information content (AvgIpc) is 3.05. The average molecular weight is 418 g/mol. The molecule has 0 N–H and O–H groups in total. The van der Waals surface area contributed by atoms with E-state index < -0.39 is 0 Å². The number of carbonyl (C=O) groups is 1. The molecule has 2 aliphatic heterocycles. The number of halogens is 2. The number of piperazine rings is 1. The second-order valence-corrected chi connectivity index (χ2v) is 8.13. The molecule has 4 rings (SSSR count). The summed E-state index contributed by atoms with van der Waals surface area (Å²) in [6, 6.07) is 15.4. The van der Waals surface area contributed by atoms with Crippen LogP contribution in [0.5, 0.6) is 0 Å². The Kier molecular flexibility index (Phi) is 5.43. The number of amides is 1. The van der Waals surface area contributed by atoms with Crippen molar-refractivity contribution in [1.82, 2.24) is 4.90 Å². The number of carbonyl (C=O) groups excluding carboxylic acids is 1. The van der Waals surface area contributed by atoms with Crippen LogP contribution in [0.3, 0.4) is 0 Å². The fourth-order valence-corrected chi connectivity index (χ4v) is 4.35. The summed E-state index contributed by atoms with van der Waals surface area (Å²) in [5.41, 5.74) is 1.99. The first-order chi connectivity index (χ1) is 13.1. The summed E-state index contributed by atoms with van der Waals surface area (Å²) in [5, 5.41) is 2.14. The molecule has 0 unspecified atom stereocenters. The molecule has 0 aromatic heterocycles. The summed E-state index contributed by atoms with van der Waals surface area (Å²) in [7, 11) is 0. The van der Waals surface area contributed by atoms with E-state index in [1.165, 1.54) is 11.8 Å². The van der Waals surface area contributed by atoms with Gasteiger partial charge in [-0.2, -0.15) is 4.99 Å². The highest BCUT2D eigenvalue weighted by atomic mass is 35.5. The quantitative estimate of drug-likeness (QED) is 0.658. The predicted octanol–water partition coefficient (Wildman–Crippen LogP) is 4.79. The van der Waals surface area contributed by atoms with Crippen molar-refractivity contribution in [3.05, 3.63) is 69.0 Å². The van der Waals surface area contributed by atoms with Crippen LogP contribution in [0.4, 0.5) is 5.69 Å². The lowest BCUT2D eigenvalue weighted by Gasteiger charge is -2.36. The molecule has 0 saturated carbocycles. The third-order valence-electron chi connectivity index (χ3n) is 4.54. The van der Waals surface area contributed by atoms with E-state index in [1.54, 1.807) is 0 Å². The minimum Gasteiger partial charge on any atom is -0.368 e. The van der Waals surface area contributed by atoms with Crippen molar-refractivity contribution in [3.8, 4) is 0 Å². The van der Waals surface area contributed by atoms with Gasteiger partial charge in [-0.15, -0.1) is 0 Å². The van der Waals surface area contributed by atoms with Crippen molar-refractivity contribution in [3.63, 3.8) is 0 Å². The lowest BCUT2D eigenvalue weighted by Crippen LogP contribution is -2.47. The number of amidine groups is 1. The zero-order chi connectivity index (χ0) is 18.8. The van der Waals surface area contributed by atoms with Gasteiger partial charge in [-0.3, -0.25) is 4.79 Å². The molecule has 0 radical (unpaired) electrons. The third kappa shape index (κ3) is 4.15. The van der Waals surface area contributed by atoms with Gasteiger partial charge in [0.1, 0.15) is 0 Å². The second-order valence-electron chi connectivity index (χ2n) is 6.28. The summed E-state index contributed by atoms with van der Waals surface area (Å²) in [6.45, 7) is 3.39. The van der Waals surface area contributed by atoms with Gasteiger partial charge in [-0.25, -0.2) is 0 Å². The summed E-state index contributed by atoms with van der Waals surface area (Å²) in [5.74, 6) is -0.199. The van der Waals surface area contributed by atoms with Crippen LogP contribution in [0, 0.1) is 0 Å². The number of aliphatic imine (C=N–C) groups is 1. The summed E-state index contributed by atoms with van der Waals surface area (Å²) >= 11 is 13.6. The first-order valence-electron chi connectivity index (χ1n) is 8.63. The summed E-state index contributed by atoms with van der Waals surface area (Å²) < 4.78 is 0. The largest absolute Gasteiger partial charge is 0.368 e. The first-order valence-corrected chi connectivity index (χ1v) is 10.2. The fraction of sp³-hybridized carbons (Fsp3) is 0.200. The molecule has 2 heterocycles. The molecule has 1 amide bonds. The van der Waals surface area contributed by atoms with Gasteiger partial charge >= 0.3 is 0 Å². The van der Waals surface area contributed by atoms with E-state index in [0.717, 1.165) is 47.6 Å². The Labute approximate surface area is 172 Å². The molecule has 2 aromatic carbocycles. The van der Waals surface area contributed by atoms with Crippen LogP contribution in [0.2, 0.25) is 10.0 Å². The number of anilines is 1. The van der Waals surface area contributed by atoms with Crippen LogP contribution in [0.25, 0.3) is 6.08 Å². The van der Waals surface area contributed by atoms with Gasteiger partial charge in [0.05, 0.1) is 4.91 Å². The van der Waals surface area contributed by atoms with Crippen LogP contribution < -0.4 is 4.90 Å². The number of hydrogen-bond acceptors (Lipinski definition) is 4. The number of rotatable bonds is 2. The van der Waals surface area contributed by atoms with Crippen LogP contribution in [0.15, 0.2) is 58.4 Å². The monoisotopic (exact) mass is 417 g/mol.